The second kappa shape index (κ2) is 277. The van der Waals surface area contributed by atoms with Crippen LogP contribution in [0.2, 0.25) is 0 Å². The monoisotopic (exact) mass is 321 g/mol. The molecular weight excluding hydrogens is 321 g/mol. The Morgan fingerprint density at radius 3 is 0.333 bits per heavy atom. The Morgan fingerprint density at radius 1 is 0.333 bits per heavy atom. The molecule has 0 aliphatic heterocycles. The van der Waals surface area contributed by atoms with Crippen molar-refractivity contribution in [1.29, 1.82) is 0 Å². The van der Waals surface area contributed by atoms with E-state index in [0.29, 0.717) is 0 Å². The van der Waals surface area contributed by atoms with Gasteiger partial charge in [0.25, 0.3) is 0 Å². The first-order chi connectivity index (χ1) is 0. The van der Waals surface area contributed by atoms with E-state index < -0.39 is 0 Å². The molecule has 0 aromatic rings. The van der Waals surface area contributed by atoms with E-state index in [9.17, 15) is 0 Å². The molecule has 1 radical (unpaired) electrons. The third kappa shape index (κ3) is 216. The average Bonchev–Trinajstić information content (AvgIpc) is 0. The Labute approximate surface area is 95.4 Å². The summed E-state index contributed by atoms with van der Waals surface area (Å²) in [6.07, 6.45) is 0. The van der Waals surface area contributed by atoms with E-state index in [2.05, 4.69) is 0 Å². The molecule has 0 atom stereocenters. The van der Waals surface area contributed by atoms with Crippen molar-refractivity contribution in [2.24, 2.45) is 0 Å². The van der Waals surface area contributed by atoms with Crippen LogP contribution < -0.4 is 32.9 Å². The van der Waals surface area contributed by atoms with Gasteiger partial charge in [0.05, 0.1) is 0 Å². The first-order valence-corrected chi connectivity index (χ1v) is 0. The summed E-state index contributed by atoms with van der Waals surface area (Å²) < 4.78 is 0. The third-order valence-electron chi connectivity index (χ3n) is 0. The van der Waals surface area contributed by atoms with Gasteiger partial charge in [0.2, 0.25) is 0 Å². The van der Waals surface area contributed by atoms with Crippen molar-refractivity contribution >= 4 is 0 Å². The molecule has 0 unspecified atom stereocenters. The SMILES string of the molecule is [Ce+3].[F-].[F-].[F-].[F-].[F-].[F-].[F-].[Ti+4]. The van der Waals surface area contributed by atoms with Gasteiger partial charge in [-0.05, 0) is 0 Å². The molecule has 0 aromatic heterocycles. The molecule has 0 nitrogen and oxygen atoms in total. The minimum atomic E-state index is 0. The zero-order chi connectivity index (χ0) is 0. The van der Waals surface area contributed by atoms with Gasteiger partial charge in [0.15, 0.2) is 0 Å². The summed E-state index contributed by atoms with van der Waals surface area (Å²) in [6, 6.07) is 0. The second-order valence-corrected chi connectivity index (χ2v) is 0. The number of hydrogen-bond donors (Lipinski definition) is 0. The predicted octanol–water partition coefficient (Wildman–Crippen LogP) is -21.0. The molecule has 0 rings (SSSR count). The van der Waals surface area contributed by atoms with E-state index in [1.807, 2.05) is 0 Å². The Kier molecular flexibility index (Phi) is 11700. The summed E-state index contributed by atoms with van der Waals surface area (Å²) in [7, 11) is 0. The summed E-state index contributed by atoms with van der Waals surface area (Å²) in [4.78, 5) is 0. The molecule has 0 heterocycles. The zero-order valence-corrected chi connectivity index (χ0v) is 8.35. The summed E-state index contributed by atoms with van der Waals surface area (Å²) >= 11 is 0. The average molecular weight is 321 g/mol. The van der Waals surface area contributed by atoms with E-state index in [-0.39, 0.29) is 96.4 Å². The number of hydrogen-bond acceptors (Lipinski definition) is 0. The Morgan fingerprint density at radius 2 is 0.333 bits per heavy atom. The van der Waals surface area contributed by atoms with Crippen LogP contribution >= 0.6 is 0 Å². The van der Waals surface area contributed by atoms with E-state index >= 15 is 0 Å². The van der Waals surface area contributed by atoms with E-state index in [4.69, 9.17) is 0 Å². The van der Waals surface area contributed by atoms with Crippen LogP contribution in [0.25, 0.3) is 0 Å². The van der Waals surface area contributed by atoms with Gasteiger partial charge in [-0.1, -0.05) is 0 Å². The van der Waals surface area contributed by atoms with Crippen molar-refractivity contribution in [3.8, 4) is 0 Å². The molecule has 0 amide bonds. The van der Waals surface area contributed by atoms with Crippen LogP contribution in [-0.2, 0) is 21.7 Å². The predicted molar refractivity (Wildman–Crippen MR) is 0 cm³/mol. The van der Waals surface area contributed by atoms with Crippen LogP contribution in [-0.4, -0.2) is 0 Å². The Balaban J connectivity index is 0. The van der Waals surface area contributed by atoms with Gasteiger partial charge in [-0.15, -0.1) is 0 Å². The number of rotatable bonds is 0. The van der Waals surface area contributed by atoms with Crippen LogP contribution in [0, 0.1) is 41.7 Å². The largest absolute Gasteiger partial charge is 4.00 e. The Bertz CT molecular complexity index is 8.88. The molecule has 57 valence electrons. The van der Waals surface area contributed by atoms with Crippen molar-refractivity contribution in [3.63, 3.8) is 0 Å². The topological polar surface area (TPSA) is 0 Å². The summed E-state index contributed by atoms with van der Waals surface area (Å²) in [5.41, 5.74) is 0. The molecule has 0 N–H and O–H groups in total. The van der Waals surface area contributed by atoms with Crippen molar-refractivity contribution < 1.29 is 96.4 Å². The van der Waals surface area contributed by atoms with Crippen LogP contribution in [0.5, 0.6) is 0 Å². The van der Waals surface area contributed by atoms with Gasteiger partial charge in [-0.25, -0.2) is 0 Å². The van der Waals surface area contributed by atoms with Gasteiger partial charge < -0.3 is 32.9 Å². The molecule has 0 aromatic carbocycles. The van der Waals surface area contributed by atoms with Crippen LogP contribution in [0.4, 0.5) is 0 Å². The van der Waals surface area contributed by atoms with Gasteiger partial charge >= 0.3 is 63.5 Å². The van der Waals surface area contributed by atoms with Crippen molar-refractivity contribution in [2.45, 2.75) is 0 Å². The van der Waals surface area contributed by atoms with Crippen LogP contribution in [0.3, 0.4) is 0 Å². The zero-order valence-electron chi connectivity index (χ0n) is 3.65. The smallest absolute Gasteiger partial charge is 1.00 e. The second-order valence-electron chi connectivity index (χ2n) is 0. The summed E-state index contributed by atoms with van der Waals surface area (Å²) in [5.74, 6) is 0. The normalized spacial score (nSPS) is 0. The molecule has 0 aliphatic rings. The molecule has 0 fully saturated rings. The third-order valence-corrected chi connectivity index (χ3v) is 0. The van der Waals surface area contributed by atoms with Gasteiger partial charge in [0.1, 0.15) is 0 Å². The molecule has 0 spiro atoms. The quantitative estimate of drug-likeness (QED) is 0.307. The van der Waals surface area contributed by atoms with E-state index in [1.165, 1.54) is 0 Å². The number of halogens is 7. The van der Waals surface area contributed by atoms with Gasteiger partial charge in [-0.3, -0.25) is 0 Å². The maximum Gasteiger partial charge on any atom is 4.00 e. The minimum Gasteiger partial charge on any atom is -1.00 e. The molecule has 0 saturated heterocycles. The maximum absolute atomic E-state index is 0. The van der Waals surface area contributed by atoms with Gasteiger partial charge in [0, 0.05) is 0 Å². The fourth-order valence-corrected chi connectivity index (χ4v) is 0. The van der Waals surface area contributed by atoms with Crippen LogP contribution in [0.15, 0.2) is 0 Å². The summed E-state index contributed by atoms with van der Waals surface area (Å²) in [5, 5.41) is 0. The van der Waals surface area contributed by atoms with Crippen molar-refractivity contribution in [3.05, 3.63) is 0 Å². The first kappa shape index (κ1) is 381. The maximum atomic E-state index is 0. The molecular formula is CeF7Ti. The molecule has 0 aliphatic carbocycles. The molecule has 0 bridgehead atoms. The summed E-state index contributed by atoms with van der Waals surface area (Å²) in [6.45, 7) is 0. The van der Waals surface area contributed by atoms with Gasteiger partial charge in [-0.2, -0.15) is 0 Å². The Hall–Kier alpha value is 1.60. The minimum absolute atomic E-state index is 0. The van der Waals surface area contributed by atoms with Crippen molar-refractivity contribution in [2.75, 3.05) is 0 Å². The molecule has 9 heavy (non-hydrogen) atoms. The van der Waals surface area contributed by atoms with E-state index in [0.717, 1.165) is 0 Å². The van der Waals surface area contributed by atoms with Crippen molar-refractivity contribution in [1.82, 2.24) is 0 Å². The molecule has 0 saturated carbocycles. The standard InChI is InChI=1S/Ce.7FH.Ti/h;7*1H;/q+3;;;;;;;;+4/p-7. The molecule has 9 heteroatoms. The first-order valence-electron chi connectivity index (χ1n) is 0. The fraction of sp³-hybridized carbons (Fsp3) is 0. The van der Waals surface area contributed by atoms with Crippen LogP contribution in [0.1, 0.15) is 0 Å². The fourth-order valence-electron chi connectivity index (χ4n) is 0. The van der Waals surface area contributed by atoms with E-state index in [1.54, 1.807) is 0 Å².